The number of aliphatic hydroxyl groups is 1. The molecular weight excluding hydrogens is 476 g/mol. The molecule has 0 aliphatic carbocycles. The van der Waals surface area contributed by atoms with Crippen molar-refractivity contribution in [3.63, 3.8) is 0 Å². The van der Waals surface area contributed by atoms with E-state index in [1.54, 1.807) is 12.1 Å². The van der Waals surface area contributed by atoms with Gasteiger partial charge in [0.15, 0.2) is 5.76 Å². The van der Waals surface area contributed by atoms with Crippen molar-refractivity contribution in [3.8, 4) is 0 Å². The summed E-state index contributed by atoms with van der Waals surface area (Å²) in [7, 11) is 1.36. The molecule has 3 aliphatic heterocycles. The zero-order valence-corrected chi connectivity index (χ0v) is 21.8. The molecule has 1 aromatic rings. The van der Waals surface area contributed by atoms with Gasteiger partial charge in [0.1, 0.15) is 0 Å². The summed E-state index contributed by atoms with van der Waals surface area (Å²) in [4.78, 5) is 29.8. The third-order valence-electron chi connectivity index (χ3n) is 7.45. The Hall–Kier alpha value is -2.46. The summed E-state index contributed by atoms with van der Waals surface area (Å²) in [5, 5.41) is 8.88. The van der Waals surface area contributed by atoms with Crippen LogP contribution in [-0.2, 0) is 23.7 Å². The molecule has 1 N–H and O–H groups in total. The first-order valence-electron chi connectivity index (χ1n) is 13.5. The van der Waals surface area contributed by atoms with Crippen molar-refractivity contribution >= 4 is 11.9 Å². The number of benzene rings is 1. The summed E-state index contributed by atoms with van der Waals surface area (Å²) in [6.45, 7) is 4.62. The first-order chi connectivity index (χ1) is 18.1. The second-order valence-electron chi connectivity index (χ2n) is 9.86. The monoisotopic (exact) mass is 516 g/mol. The molecule has 2 atom stereocenters. The quantitative estimate of drug-likeness (QED) is 0.375. The minimum absolute atomic E-state index is 0.0423. The molecule has 9 nitrogen and oxygen atoms in total. The van der Waals surface area contributed by atoms with Crippen LogP contribution < -0.4 is 0 Å². The number of esters is 1. The Labute approximate surface area is 219 Å². The lowest BCUT2D eigenvalue weighted by Gasteiger charge is -2.40. The highest BCUT2D eigenvalue weighted by atomic mass is 16.7. The van der Waals surface area contributed by atoms with Crippen LogP contribution in [0, 0.1) is 0 Å². The topological polar surface area (TPSA) is 97.8 Å². The molecule has 3 aliphatic rings. The van der Waals surface area contributed by atoms with E-state index in [0.29, 0.717) is 37.0 Å². The molecule has 0 bridgehead atoms. The van der Waals surface area contributed by atoms with E-state index in [9.17, 15) is 9.59 Å². The Bertz CT molecular complexity index is 906. The van der Waals surface area contributed by atoms with Crippen LogP contribution in [0.15, 0.2) is 36.1 Å². The van der Waals surface area contributed by atoms with Crippen LogP contribution in [0.4, 0.5) is 0 Å². The highest BCUT2D eigenvalue weighted by Gasteiger charge is 2.34. The molecule has 0 aromatic heterocycles. The van der Waals surface area contributed by atoms with Crippen molar-refractivity contribution in [2.24, 2.45) is 0 Å². The lowest BCUT2D eigenvalue weighted by molar-refractivity contribution is -0.157. The second-order valence-corrected chi connectivity index (χ2v) is 9.86. The highest BCUT2D eigenvalue weighted by molar-refractivity contribution is 5.92. The molecule has 204 valence electrons. The summed E-state index contributed by atoms with van der Waals surface area (Å²) < 4.78 is 22.0. The fourth-order valence-corrected chi connectivity index (χ4v) is 5.41. The summed E-state index contributed by atoms with van der Waals surface area (Å²) in [6.07, 6.45) is 7.65. The van der Waals surface area contributed by atoms with E-state index in [2.05, 4.69) is 4.90 Å². The fraction of sp³-hybridized carbons (Fsp3) is 0.643. The maximum Gasteiger partial charge on any atom is 0.337 e. The van der Waals surface area contributed by atoms with Crippen LogP contribution in [0.25, 0.3) is 0 Å². The van der Waals surface area contributed by atoms with E-state index in [1.807, 2.05) is 23.1 Å². The lowest BCUT2D eigenvalue weighted by Crippen LogP contribution is -2.49. The molecule has 0 spiro atoms. The predicted molar refractivity (Wildman–Crippen MR) is 137 cm³/mol. The number of nitrogens with zero attached hydrogens (tertiary/aromatic N) is 2. The number of piperidine rings is 2. The molecule has 3 heterocycles. The van der Waals surface area contributed by atoms with Gasteiger partial charge >= 0.3 is 5.97 Å². The van der Waals surface area contributed by atoms with Crippen LogP contribution in [0.1, 0.15) is 60.4 Å². The summed E-state index contributed by atoms with van der Waals surface area (Å²) in [6, 6.07) is 7.78. The average molecular weight is 517 g/mol. The minimum atomic E-state index is -0.599. The summed E-state index contributed by atoms with van der Waals surface area (Å²) >= 11 is 0. The van der Waals surface area contributed by atoms with E-state index in [0.717, 1.165) is 31.5 Å². The number of likely N-dealkylation sites (tertiary alicyclic amines) is 2. The van der Waals surface area contributed by atoms with Gasteiger partial charge in [-0.05, 0) is 62.5 Å². The molecule has 0 unspecified atom stereocenters. The largest absolute Gasteiger partial charge is 0.465 e. The summed E-state index contributed by atoms with van der Waals surface area (Å²) in [5.74, 6) is -0.278. The standard InChI is InChI=1S/C28H40N2O7/c1-34-28(33)22-7-5-21(6-8-22)23-19-25(37-26(20-23)36-18-17-35-16-15-31)27(32)30-13-9-24(10-14-30)29-11-3-2-4-12-29/h5-8,19,23-24,26,31H,2-4,9-18,20H2,1H3/t23-,26+/m0/s1. The Morgan fingerprint density at radius 2 is 1.73 bits per heavy atom. The molecule has 4 rings (SSSR count). The zero-order valence-electron chi connectivity index (χ0n) is 21.8. The molecule has 1 aromatic carbocycles. The second kappa shape index (κ2) is 13.9. The number of hydrogen-bond acceptors (Lipinski definition) is 8. The Kier molecular flexibility index (Phi) is 10.4. The third kappa shape index (κ3) is 7.54. The van der Waals surface area contributed by atoms with Gasteiger partial charge in [-0.2, -0.15) is 0 Å². The summed E-state index contributed by atoms with van der Waals surface area (Å²) in [5.41, 5.74) is 1.44. The maximum absolute atomic E-state index is 13.5. The molecule has 9 heteroatoms. The van der Waals surface area contributed by atoms with Crippen molar-refractivity contribution in [1.29, 1.82) is 0 Å². The molecule has 0 saturated carbocycles. The first kappa shape index (κ1) is 27.6. The van der Waals surface area contributed by atoms with Gasteiger partial charge in [0.05, 0.1) is 39.1 Å². The normalized spacial score (nSPS) is 23.3. The number of amides is 1. The van der Waals surface area contributed by atoms with E-state index in [1.165, 1.54) is 39.5 Å². The van der Waals surface area contributed by atoms with Gasteiger partial charge in [-0.25, -0.2) is 4.79 Å². The number of allylic oxidation sites excluding steroid dienone is 1. The Morgan fingerprint density at radius 3 is 2.41 bits per heavy atom. The number of carbonyl (C=O) groups is 2. The van der Waals surface area contributed by atoms with Gasteiger partial charge in [0, 0.05) is 31.5 Å². The van der Waals surface area contributed by atoms with Gasteiger partial charge in [0.25, 0.3) is 5.91 Å². The lowest BCUT2D eigenvalue weighted by atomic mass is 9.92. The number of methoxy groups -OCH3 is 1. The van der Waals surface area contributed by atoms with Crippen molar-refractivity contribution in [2.75, 3.05) is 59.7 Å². The Balaban J connectivity index is 1.42. The van der Waals surface area contributed by atoms with Crippen molar-refractivity contribution < 1.29 is 33.6 Å². The molecule has 2 saturated heterocycles. The van der Waals surface area contributed by atoms with E-state index in [-0.39, 0.29) is 31.0 Å². The molecule has 2 fully saturated rings. The maximum atomic E-state index is 13.5. The van der Waals surface area contributed by atoms with Gasteiger partial charge in [-0.3, -0.25) is 4.79 Å². The predicted octanol–water partition coefficient (Wildman–Crippen LogP) is 2.69. The third-order valence-corrected chi connectivity index (χ3v) is 7.45. The smallest absolute Gasteiger partial charge is 0.337 e. The van der Waals surface area contributed by atoms with E-state index >= 15 is 0 Å². The van der Waals surface area contributed by atoms with Crippen LogP contribution >= 0.6 is 0 Å². The van der Waals surface area contributed by atoms with Crippen LogP contribution in [0.2, 0.25) is 0 Å². The molecule has 1 amide bonds. The van der Waals surface area contributed by atoms with Crippen molar-refractivity contribution in [2.45, 2.75) is 56.8 Å². The van der Waals surface area contributed by atoms with E-state index < -0.39 is 6.29 Å². The Morgan fingerprint density at radius 1 is 1.00 bits per heavy atom. The number of carbonyl (C=O) groups excluding carboxylic acids is 2. The zero-order chi connectivity index (χ0) is 26.0. The average Bonchev–Trinajstić information content (AvgIpc) is 2.96. The minimum Gasteiger partial charge on any atom is -0.465 e. The SMILES string of the molecule is COC(=O)c1ccc([C@H]2C=C(C(=O)N3CCC(N4CCCCC4)CC3)O[C@@H](OCCOCCO)C2)cc1. The number of hydrogen-bond donors (Lipinski definition) is 1. The van der Waals surface area contributed by atoms with Gasteiger partial charge in [-0.1, -0.05) is 18.6 Å². The first-order valence-corrected chi connectivity index (χ1v) is 13.5. The molecule has 37 heavy (non-hydrogen) atoms. The number of aliphatic hydroxyl groups excluding tert-OH is 1. The van der Waals surface area contributed by atoms with Crippen LogP contribution in [-0.4, -0.2) is 98.8 Å². The highest BCUT2D eigenvalue weighted by Crippen LogP contribution is 2.33. The van der Waals surface area contributed by atoms with Crippen LogP contribution in [0.3, 0.4) is 0 Å². The fourth-order valence-electron chi connectivity index (χ4n) is 5.41. The van der Waals surface area contributed by atoms with Gasteiger partial charge in [-0.15, -0.1) is 0 Å². The molecular formula is C28H40N2O7. The van der Waals surface area contributed by atoms with Crippen LogP contribution in [0.5, 0.6) is 0 Å². The number of rotatable bonds is 10. The van der Waals surface area contributed by atoms with Crippen molar-refractivity contribution in [3.05, 3.63) is 47.2 Å². The van der Waals surface area contributed by atoms with Crippen molar-refractivity contribution in [1.82, 2.24) is 9.80 Å². The number of ether oxygens (including phenoxy) is 4. The molecule has 0 radical (unpaired) electrons. The van der Waals surface area contributed by atoms with E-state index in [4.69, 9.17) is 24.1 Å². The van der Waals surface area contributed by atoms with Gasteiger partial charge < -0.3 is 33.9 Å². The van der Waals surface area contributed by atoms with Gasteiger partial charge in [0.2, 0.25) is 6.29 Å².